The van der Waals surface area contributed by atoms with Gasteiger partial charge in [0, 0.05) is 12.6 Å². The van der Waals surface area contributed by atoms with E-state index in [1.165, 1.54) is 6.42 Å². The first-order chi connectivity index (χ1) is 17.5. The molecule has 1 heterocycles. The Morgan fingerprint density at radius 3 is 2.22 bits per heavy atom. The number of nitrogens with zero attached hydrogens (tertiary/aromatic N) is 2. The number of rotatable bonds is 5. The Labute approximate surface area is 213 Å². The van der Waals surface area contributed by atoms with Crippen molar-refractivity contribution in [2.45, 2.75) is 64.6 Å². The highest BCUT2D eigenvalue weighted by Crippen LogP contribution is 2.30. The van der Waals surface area contributed by atoms with Gasteiger partial charge >= 0.3 is 0 Å². The van der Waals surface area contributed by atoms with E-state index in [1.807, 2.05) is 80.6 Å². The number of hydrogen-bond acceptors (Lipinski definition) is 3. The molecular formula is C31H33N3O2. The lowest BCUT2D eigenvalue weighted by Gasteiger charge is -2.33. The molecule has 184 valence electrons. The first-order valence-corrected chi connectivity index (χ1v) is 12.9. The molecule has 1 aliphatic heterocycles. The van der Waals surface area contributed by atoms with Crippen molar-refractivity contribution in [3.05, 3.63) is 101 Å². The van der Waals surface area contributed by atoms with Crippen LogP contribution in [0.15, 0.2) is 77.8 Å². The van der Waals surface area contributed by atoms with E-state index >= 15 is 0 Å². The van der Waals surface area contributed by atoms with Crippen LogP contribution < -0.4 is 5.32 Å². The summed E-state index contributed by atoms with van der Waals surface area (Å²) in [5.74, 6) is -0.338. The molecule has 5 heteroatoms. The van der Waals surface area contributed by atoms with Crippen LogP contribution in [0, 0.1) is 13.8 Å². The lowest BCUT2D eigenvalue weighted by molar-refractivity contribution is -0.124. The minimum atomic E-state index is -0.837. The molecule has 1 N–H and O–H groups in total. The first kappa shape index (κ1) is 24.0. The molecule has 5 nitrogen and oxygen atoms in total. The van der Waals surface area contributed by atoms with Gasteiger partial charge in [0.1, 0.15) is 0 Å². The Bertz CT molecular complexity index is 1270. The second kappa shape index (κ2) is 10.5. The highest BCUT2D eigenvalue weighted by Gasteiger charge is 2.39. The van der Waals surface area contributed by atoms with Gasteiger partial charge in [-0.15, -0.1) is 0 Å². The van der Waals surface area contributed by atoms with E-state index in [4.69, 9.17) is 4.99 Å². The number of fused-ring (bicyclic) bond motifs is 1. The average Bonchev–Trinajstić information content (AvgIpc) is 3.01. The molecule has 3 aromatic rings. The van der Waals surface area contributed by atoms with E-state index in [9.17, 15) is 9.59 Å². The number of amides is 2. The molecule has 0 aromatic heterocycles. The maximum absolute atomic E-state index is 14.0. The summed E-state index contributed by atoms with van der Waals surface area (Å²) in [6.45, 7) is 4.40. The van der Waals surface area contributed by atoms with E-state index in [0.29, 0.717) is 23.5 Å². The number of hydrogen-bond donors (Lipinski definition) is 1. The zero-order valence-electron chi connectivity index (χ0n) is 21.0. The zero-order valence-corrected chi connectivity index (χ0v) is 21.0. The van der Waals surface area contributed by atoms with Crippen LogP contribution in [0.25, 0.3) is 0 Å². The van der Waals surface area contributed by atoms with E-state index in [2.05, 4.69) is 5.32 Å². The Morgan fingerprint density at radius 1 is 0.889 bits per heavy atom. The molecule has 36 heavy (non-hydrogen) atoms. The number of para-hydroxylation sites is 1. The Balaban J connectivity index is 1.62. The van der Waals surface area contributed by atoms with Crippen molar-refractivity contribution in [3.8, 4) is 0 Å². The molecular weight excluding hydrogens is 446 g/mol. The Morgan fingerprint density at radius 2 is 1.53 bits per heavy atom. The topological polar surface area (TPSA) is 61.8 Å². The van der Waals surface area contributed by atoms with Gasteiger partial charge in [0.2, 0.25) is 5.91 Å². The standard InChI is InChI=1S/C31H33N3O2/c1-21-12-16-23(17-13-21)20-34-29(30(35)32-25-8-4-3-5-9-25)28(24-18-14-22(2)15-19-24)33-27-11-7-6-10-26(27)31(34)36/h6-7,10-19,25,29H,3-5,8-9,20H2,1-2H3,(H,32,35). The SMILES string of the molecule is Cc1ccc(CN2C(=O)c3ccccc3N=C(c3ccc(C)cc3)C2C(=O)NC2CCCCC2)cc1. The molecule has 0 spiro atoms. The van der Waals surface area contributed by atoms with Crippen molar-refractivity contribution in [1.29, 1.82) is 0 Å². The summed E-state index contributed by atoms with van der Waals surface area (Å²) in [4.78, 5) is 34.7. The maximum atomic E-state index is 14.0. The quantitative estimate of drug-likeness (QED) is 0.495. The van der Waals surface area contributed by atoms with E-state index < -0.39 is 6.04 Å². The van der Waals surface area contributed by atoms with Crippen LogP contribution in [0.5, 0.6) is 0 Å². The first-order valence-electron chi connectivity index (χ1n) is 12.9. The van der Waals surface area contributed by atoms with Gasteiger partial charge in [-0.3, -0.25) is 9.59 Å². The molecule has 1 aliphatic carbocycles. The van der Waals surface area contributed by atoms with Gasteiger partial charge in [-0.25, -0.2) is 4.99 Å². The van der Waals surface area contributed by atoms with Crippen LogP contribution in [0.4, 0.5) is 5.69 Å². The van der Waals surface area contributed by atoms with Crippen molar-refractivity contribution in [3.63, 3.8) is 0 Å². The molecule has 0 saturated heterocycles. The number of aliphatic imine (C=N–C) groups is 1. The molecule has 5 rings (SSSR count). The van der Waals surface area contributed by atoms with Gasteiger partial charge in [-0.1, -0.05) is 91.1 Å². The van der Waals surface area contributed by atoms with Gasteiger partial charge in [0.25, 0.3) is 5.91 Å². The Kier molecular flexibility index (Phi) is 6.99. The van der Waals surface area contributed by atoms with Gasteiger partial charge in [0.15, 0.2) is 6.04 Å². The van der Waals surface area contributed by atoms with Gasteiger partial charge in [-0.05, 0) is 49.9 Å². The second-order valence-electron chi connectivity index (χ2n) is 10.0. The van der Waals surface area contributed by atoms with E-state index in [0.717, 1.165) is 47.9 Å². The summed E-state index contributed by atoms with van der Waals surface area (Å²) in [6, 6.07) is 22.9. The molecule has 2 aliphatic rings. The monoisotopic (exact) mass is 479 g/mol. The third-order valence-electron chi connectivity index (χ3n) is 7.23. The minimum absolute atomic E-state index is 0.132. The summed E-state index contributed by atoms with van der Waals surface area (Å²) in [5.41, 5.74) is 5.83. The molecule has 3 aromatic carbocycles. The molecule has 2 amide bonds. The van der Waals surface area contributed by atoms with E-state index in [1.54, 1.807) is 11.0 Å². The van der Waals surface area contributed by atoms with Crippen molar-refractivity contribution < 1.29 is 9.59 Å². The van der Waals surface area contributed by atoms with Crippen LogP contribution >= 0.6 is 0 Å². The van der Waals surface area contributed by atoms with Crippen molar-refractivity contribution in [2.24, 2.45) is 4.99 Å². The van der Waals surface area contributed by atoms with Crippen molar-refractivity contribution in [1.82, 2.24) is 10.2 Å². The van der Waals surface area contributed by atoms with E-state index in [-0.39, 0.29) is 17.9 Å². The van der Waals surface area contributed by atoms with Crippen molar-refractivity contribution >= 4 is 23.2 Å². The lowest BCUT2D eigenvalue weighted by atomic mass is 9.94. The summed E-state index contributed by atoms with van der Waals surface area (Å²) >= 11 is 0. The predicted molar refractivity (Wildman–Crippen MR) is 144 cm³/mol. The number of aryl methyl sites for hydroxylation is 2. The zero-order chi connectivity index (χ0) is 25.1. The largest absolute Gasteiger partial charge is 0.351 e. The number of benzene rings is 3. The van der Waals surface area contributed by atoms with Gasteiger partial charge in [-0.2, -0.15) is 0 Å². The number of carbonyl (C=O) groups excluding carboxylic acids is 2. The fourth-order valence-corrected chi connectivity index (χ4v) is 5.16. The lowest BCUT2D eigenvalue weighted by Crippen LogP contribution is -2.55. The van der Waals surface area contributed by atoms with Crippen LogP contribution in [0.2, 0.25) is 0 Å². The molecule has 0 radical (unpaired) electrons. The van der Waals surface area contributed by atoms with Crippen LogP contribution in [0.1, 0.15) is 64.7 Å². The molecule has 1 saturated carbocycles. The second-order valence-corrected chi connectivity index (χ2v) is 10.0. The minimum Gasteiger partial charge on any atom is -0.351 e. The van der Waals surface area contributed by atoms with Crippen LogP contribution in [-0.4, -0.2) is 34.5 Å². The third-order valence-corrected chi connectivity index (χ3v) is 7.23. The summed E-state index contributed by atoms with van der Waals surface area (Å²) in [5, 5.41) is 3.29. The molecule has 1 atom stereocenters. The average molecular weight is 480 g/mol. The van der Waals surface area contributed by atoms with Crippen LogP contribution in [-0.2, 0) is 11.3 Å². The highest BCUT2D eigenvalue weighted by atomic mass is 16.2. The molecule has 0 bridgehead atoms. The predicted octanol–water partition coefficient (Wildman–Crippen LogP) is 5.90. The number of nitrogens with one attached hydrogen (secondary N) is 1. The maximum Gasteiger partial charge on any atom is 0.257 e. The van der Waals surface area contributed by atoms with Gasteiger partial charge in [0.05, 0.1) is 17.0 Å². The highest BCUT2D eigenvalue weighted by molar-refractivity contribution is 6.21. The Hall–Kier alpha value is -3.73. The number of carbonyl (C=O) groups is 2. The summed E-state index contributed by atoms with van der Waals surface area (Å²) in [6.07, 6.45) is 5.39. The van der Waals surface area contributed by atoms with Crippen molar-refractivity contribution in [2.75, 3.05) is 0 Å². The third kappa shape index (κ3) is 5.11. The summed E-state index contributed by atoms with van der Waals surface area (Å²) in [7, 11) is 0. The van der Waals surface area contributed by atoms with Crippen LogP contribution in [0.3, 0.4) is 0 Å². The fraction of sp³-hybridized carbons (Fsp3) is 0.323. The molecule has 1 fully saturated rings. The molecule has 1 unspecified atom stereocenters. The fourth-order valence-electron chi connectivity index (χ4n) is 5.16. The normalized spacial score (nSPS) is 18.3. The van der Waals surface area contributed by atoms with Gasteiger partial charge < -0.3 is 10.2 Å². The smallest absolute Gasteiger partial charge is 0.257 e. The summed E-state index contributed by atoms with van der Waals surface area (Å²) < 4.78 is 0.